The number of nitro groups is 1. The first-order chi connectivity index (χ1) is 9.15. The lowest BCUT2D eigenvalue weighted by molar-refractivity contribution is -0.384. The number of benzene rings is 2. The van der Waals surface area contributed by atoms with Crippen LogP contribution in [0.2, 0.25) is 0 Å². The zero-order chi connectivity index (χ0) is 13.7. The number of rotatable bonds is 5. The maximum atomic E-state index is 10.7. The number of nitrogens with one attached hydrogen (secondary N) is 1. The smallest absolute Gasteiger partial charge is 0.271 e. The van der Waals surface area contributed by atoms with Gasteiger partial charge in [0.15, 0.2) is 0 Å². The molecule has 0 amide bonds. The van der Waals surface area contributed by atoms with Crippen molar-refractivity contribution in [1.29, 1.82) is 0 Å². The topological polar surface area (TPSA) is 55.2 Å². The number of hydrogen-bond acceptors (Lipinski definition) is 3. The van der Waals surface area contributed by atoms with Gasteiger partial charge in [-0.1, -0.05) is 35.9 Å². The van der Waals surface area contributed by atoms with Crippen LogP contribution < -0.4 is 5.32 Å². The van der Waals surface area contributed by atoms with Gasteiger partial charge in [0.05, 0.1) is 4.92 Å². The Bertz CT molecular complexity index is 582. The van der Waals surface area contributed by atoms with Crippen molar-refractivity contribution >= 4 is 11.4 Å². The second kappa shape index (κ2) is 6.00. The molecule has 2 aromatic carbocycles. The lowest BCUT2D eigenvalue weighted by atomic mass is 10.1. The fraction of sp³-hybridized carbons (Fsp3) is 0.200. The minimum atomic E-state index is -0.383. The molecule has 0 heterocycles. The van der Waals surface area contributed by atoms with Crippen molar-refractivity contribution in [3.05, 3.63) is 69.8 Å². The number of hydrogen-bond donors (Lipinski definition) is 1. The van der Waals surface area contributed by atoms with E-state index in [4.69, 9.17) is 0 Å². The molecule has 0 atom stereocenters. The van der Waals surface area contributed by atoms with E-state index in [9.17, 15) is 10.1 Å². The fourth-order valence-corrected chi connectivity index (χ4v) is 1.95. The molecule has 0 spiro atoms. The van der Waals surface area contributed by atoms with E-state index in [1.165, 1.54) is 17.2 Å². The maximum Gasteiger partial charge on any atom is 0.271 e. The summed E-state index contributed by atoms with van der Waals surface area (Å²) in [6.07, 6.45) is 0.893. The van der Waals surface area contributed by atoms with Crippen molar-refractivity contribution in [3.63, 3.8) is 0 Å². The third kappa shape index (κ3) is 3.81. The summed E-state index contributed by atoms with van der Waals surface area (Å²) in [5.74, 6) is 0. The number of non-ortho nitro benzene ring substituents is 1. The average molecular weight is 256 g/mol. The van der Waals surface area contributed by atoms with Gasteiger partial charge >= 0.3 is 0 Å². The van der Waals surface area contributed by atoms with Gasteiger partial charge in [0.2, 0.25) is 0 Å². The predicted molar refractivity (Wildman–Crippen MR) is 76.5 cm³/mol. The van der Waals surface area contributed by atoms with Crippen LogP contribution in [0.5, 0.6) is 0 Å². The molecule has 0 saturated carbocycles. The molecule has 1 N–H and O–H groups in total. The van der Waals surface area contributed by atoms with Crippen molar-refractivity contribution in [1.82, 2.24) is 0 Å². The van der Waals surface area contributed by atoms with E-state index in [0.29, 0.717) is 0 Å². The summed E-state index contributed by atoms with van der Waals surface area (Å²) in [6, 6.07) is 14.9. The molecular weight excluding hydrogens is 240 g/mol. The first-order valence-electron chi connectivity index (χ1n) is 6.19. The average Bonchev–Trinajstić information content (AvgIpc) is 2.39. The van der Waals surface area contributed by atoms with Crippen molar-refractivity contribution in [2.75, 3.05) is 11.9 Å². The number of nitrogens with zero attached hydrogens (tertiary/aromatic N) is 1. The molecule has 0 aromatic heterocycles. The Labute approximate surface area is 112 Å². The van der Waals surface area contributed by atoms with E-state index in [1.54, 1.807) is 12.1 Å². The predicted octanol–water partition coefficient (Wildman–Crippen LogP) is 3.56. The third-order valence-corrected chi connectivity index (χ3v) is 2.88. The van der Waals surface area contributed by atoms with E-state index < -0.39 is 0 Å². The highest BCUT2D eigenvalue weighted by Crippen LogP contribution is 2.17. The van der Waals surface area contributed by atoms with Gasteiger partial charge in [-0.25, -0.2) is 0 Å². The standard InChI is InChI=1S/C15H16N2O2/c1-12-4-2-5-13(10-12)8-9-16-14-6-3-7-15(11-14)17(18)19/h2-7,10-11,16H,8-9H2,1H3. The second-order valence-corrected chi connectivity index (χ2v) is 4.47. The Kier molecular flexibility index (Phi) is 4.13. The molecule has 2 aromatic rings. The Morgan fingerprint density at radius 2 is 1.95 bits per heavy atom. The maximum absolute atomic E-state index is 10.7. The summed E-state index contributed by atoms with van der Waals surface area (Å²) in [7, 11) is 0. The number of nitro benzene ring substituents is 1. The molecule has 19 heavy (non-hydrogen) atoms. The first kappa shape index (κ1) is 13.1. The normalized spacial score (nSPS) is 10.2. The van der Waals surface area contributed by atoms with Crippen LogP contribution in [0.25, 0.3) is 0 Å². The summed E-state index contributed by atoms with van der Waals surface area (Å²) in [4.78, 5) is 10.3. The van der Waals surface area contributed by atoms with Gasteiger partial charge in [0.1, 0.15) is 0 Å². The Balaban J connectivity index is 1.92. The van der Waals surface area contributed by atoms with Crippen LogP contribution in [0.1, 0.15) is 11.1 Å². The Hall–Kier alpha value is -2.36. The van der Waals surface area contributed by atoms with Gasteiger partial charge in [0, 0.05) is 24.4 Å². The number of aryl methyl sites for hydroxylation is 1. The van der Waals surface area contributed by atoms with Crippen LogP contribution in [0.15, 0.2) is 48.5 Å². The van der Waals surface area contributed by atoms with Gasteiger partial charge in [0.25, 0.3) is 5.69 Å². The lowest BCUT2D eigenvalue weighted by Crippen LogP contribution is -2.05. The molecule has 0 unspecified atom stereocenters. The summed E-state index contributed by atoms with van der Waals surface area (Å²) in [5, 5.41) is 13.9. The molecule has 0 radical (unpaired) electrons. The molecule has 0 saturated heterocycles. The van der Waals surface area contributed by atoms with E-state index >= 15 is 0 Å². The van der Waals surface area contributed by atoms with Crippen LogP contribution in [0, 0.1) is 17.0 Å². The summed E-state index contributed by atoms with van der Waals surface area (Å²) in [6.45, 7) is 2.82. The van der Waals surface area contributed by atoms with E-state index in [-0.39, 0.29) is 10.6 Å². The quantitative estimate of drug-likeness (QED) is 0.657. The fourth-order valence-electron chi connectivity index (χ4n) is 1.95. The van der Waals surface area contributed by atoms with Gasteiger partial charge in [-0.2, -0.15) is 0 Å². The zero-order valence-corrected chi connectivity index (χ0v) is 10.8. The monoisotopic (exact) mass is 256 g/mol. The van der Waals surface area contributed by atoms with Crippen molar-refractivity contribution in [3.8, 4) is 0 Å². The Morgan fingerprint density at radius 3 is 2.68 bits per heavy atom. The minimum absolute atomic E-state index is 0.112. The number of anilines is 1. The molecule has 4 heteroatoms. The van der Waals surface area contributed by atoms with E-state index in [0.717, 1.165) is 18.7 Å². The van der Waals surface area contributed by atoms with Crippen LogP contribution in [0.4, 0.5) is 11.4 Å². The zero-order valence-electron chi connectivity index (χ0n) is 10.8. The highest BCUT2D eigenvalue weighted by molar-refractivity contribution is 5.50. The molecular formula is C15H16N2O2. The van der Waals surface area contributed by atoms with Crippen molar-refractivity contribution in [2.45, 2.75) is 13.3 Å². The van der Waals surface area contributed by atoms with Gasteiger partial charge in [-0.3, -0.25) is 10.1 Å². The highest BCUT2D eigenvalue weighted by Gasteiger charge is 2.04. The molecule has 0 aliphatic carbocycles. The highest BCUT2D eigenvalue weighted by atomic mass is 16.6. The molecule has 0 aliphatic rings. The Morgan fingerprint density at radius 1 is 1.16 bits per heavy atom. The van der Waals surface area contributed by atoms with Crippen molar-refractivity contribution in [2.24, 2.45) is 0 Å². The minimum Gasteiger partial charge on any atom is -0.385 e. The van der Waals surface area contributed by atoms with Gasteiger partial charge < -0.3 is 5.32 Å². The molecule has 0 bridgehead atoms. The summed E-state index contributed by atoms with van der Waals surface area (Å²) in [5.41, 5.74) is 3.40. The van der Waals surface area contributed by atoms with Crippen LogP contribution >= 0.6 is 0 Å². The van der Waals surface area contributed by atoms with Crippen LogP contribution in [-0.2, 0) is 6.42 Å². The molecule has 4 nitrogen and oxygen atoms in total. The van der Waals surface area contributed by atoms with Gasteiger partial charge in [-0.15, -0.1) is 0 Å². The van der Waals surface area contributed by atoms with E-state index in [2.05, 4.69) is 30.4 Å². The second-order valence-electron chi connectivity index (χ2n) is 4.47. The van der Waals surface area contributed by atoms with Crippen molar-refractivity contribution < 1.29 is 4.92 Å². The van der Waals surface area contributed by atoms with Gasteiger partial charge in [-0.05, 0) is 25.0 Å². The molecule has 2 rings (SSSR count). The third-order valence-electron chi connectivity index (χ3n) is 2.88. The summed E-state index contributed by atoms with van der Waals surface area (Å²) < 4.78 is 0. The molecule has 0 fully saturated rings. The largest absolute Gasteiger partial charge is 0.385 e. The van der Waals surface area contributed by atoms with E-state index in [1.807, 2.05) is 12.1 Å². The summed E-state index contributed by atoms with van der Waals surface area (Å²) >= 11 is 0. The SMILES string of the molecule is Cc1cccc(CCNc2cccc([N+](=O)[O-])c2)c1. The first-order valence-corrected chi connectivity index (χ1v) is 6.19. The lowest BCUT2D eigenvalue weighted by Gasteiger charge is -2.06. The molecule has 98 valence electrons. The molecule has 0 aliphatic heterocycles. The van der Waals surface area contributed by atoms with Crippen LogP contribution in [0.3, 0.4) is 0 Å². The van der Waals surface area contributed by atoms with Crippen LogP contribution in [-0.4, -0.2) is 11.5 Å².